The average Bonchev–Trinajstić information content (AvgIpc) is 3.05. The Kier molecular flexibility index (Phi) is 5.56. The van der Waals surface area contributed by atoms with Crippen LogP contribution in [-0.4, -0.2) is 30.1 Å². The predicted octanol–water partition coefficient (Wildman–Crippen LogP) is 4.23. The number of hydrogen-bond acceptors (Lipinski definition) is 4. The van der Waals surface area contributed by atoms with Gasteiger partial charge < -0.3 is 15.4 Å². The quantitative estimate of drug-likeness (QED) is 0.831. The Morgan fingerprint density at radius 3 is 2.71 bits per heavy atom. The van der Waals surface area contributed by atoms with Crippen molar-refractivity contribution in [2.75, 3.05) is 23.8 Å². The van der Waals surface area contributed by atoms with Gasteiger partial charge in [-0.2, -0.15) is 0 Å². The topological polar surface area (TPSA) is 63.2 Å². The summed E-state index contributed by atoms with van der Waals surface area (Å²) < 4.78 is 5.57. The number of halogens is 2. The molecule has 126 valence electrons. The molecule has 2 heterocycles. The summed E-state index contributed by atoms with van der Waals surface area (Å²) in [6.07, 6.45) is 3.97. The van der Waals surface area contributed by atoms with Gasteiger partial charge in [0.2, 0.25) is 0 Å². The smallest absolute Gasteiger partial charge is 0.274 e. The molecule has 1 unspecified atom stereocenters. The molecule has 1 aliphatic heterocycles. The van der Waals surface area contributed by atoms with Crippen molar-refractivity contribution in [2.45, 2.75) is 18.9 Å². The Balaban J connectivity index is 1.64. The van der Waals surface area contributed by atoms with Crippen molar-refractivity contribution in [3.8, 4) is 0 Å². The van der Waals surface area contributed by atoms with Crippen molar-refractivity contribution in [3.63, 3.8) is 0 Å². The van der Waals surface area contributed by atoms with Gasteiger partial charge in [-0.3, -0.25) is 9.78 Å². The maximum Gasteiger partial charge on any atom is 0.274 e. The van der Waals surface area contributed by atoms with Crippen LogP contribution in [0.4, 0.5) is 11.4 Å². The van der Waals surface area contributed by atoms with E-state index in [1.165, 1.54) is 0 Å². The normalized spacial score (nSPS) is 16.8. The lowest BCUT2D eigenvalue weighted by atomic mass is 10.2. The van der Waals surface area contributed by atoms with Crippen LogP contribution in [-0.2, 0) is 4.74 Å². The molecule has 7 heteroatoms. The van der Waals surface area contributed by atoms with Crippen LogP contribution in [0.25, 0.3) is 0 Å². The lowest BCUT2D eigenvalue weighted by Gasteiger charge is -2.12. The fraction of sp³-hybridized carbons (Fsp3) is 0.294. The SMILES string of the molecule is O=C(Nc1cc(Cl)cc(Cl)c1)c1cc(NCC2CCCO2)ccn1. The fourth-order valence-corrected chi connectivity index (χ4v) is 3.05. The molecule has 0 saturated carbocycles. The van der Waals surface area contributed by atoms with Crippen LogP contribution in [0.5, 0.6) is 0 Å². The third kappa shape index (κ3) is 4.60. The number of aromatic nitrogens is 1. The first kappa shape index (κ1) is 17.0. The molecular formula is C17H17Cl2N3O2. The Morgan fingerprint density at radius 2 is 2.00 bits per heavy atom. The number of nitrogens with zero attached hydrogens (tertiary/aromatic N) is 1. The van der Waals surface area contributed by atoms with E-state index in [-0.39, 0.29) is 12.0 Å². The van der Waals surface area contributed by atoms with E-state index >= 15 is 0 Å². The van der Waals surface area contributed by atoms with Crippen LogP contribution < -0.4 is 10.6 Å². The molecule has 1 atom stereocenters. The molecule has 1 aromatic heterocycles. The Labute approximate surface area is 150 Å². The van der Waals surface area contributed by atoms with E-state index in [1.54, 1.807) is 30.5 Å². The lowest BCUT2D eigenvalue weighted by molar-refractivity contribution is 0.102. The van der Waals surface area contributed by atoms with Gasteiger partial charge in [-0.15, -0.1) is 0 Å². The van der Waals surface area contributed by atoms with Crippen LogP contribution in [0.15, 0.2) is 36.5 Å². The summed E-state index contributed by atoms with van der Waals surface area (Å²) in [4.78, 5) is 16.4. The first-order valence-corrected chi connectivity index (χ1v) is 8.45. The van der Waals surface area contributed by atoms with Gasteiger partial charge in [0.1, 0.15) is 5.69 Å². The summed E-state index contributed by atoms with van der Waals surface area (Å²) in [5, 5.41) is 6.93. The molecule has 1 aliphatic rings. The molecule has 1 saturated heterocycles. The Hall–Kier alpha value is -1.82. The number of carbonyl (C=O) groups excluding carboxylic acids is 1. The second-order valence-corrected chi connectivity index (χ2v) is 6.43. The third-order valence-electron chi connectivity index (χ3n) is 3.67. The van der Waals surface area contributed by atoms with Gasteiger partial charge in [0.25, 0.3) is 5.91 Å². The number of pyridine rings is 1. The Bertz CT molecular complexity index is 713. The molecular weight excluding hydrogens is 349 g/mol. The van der Waals surface area contributed by atoms with E-state index in [2.05, 4.69) is 15.6 Å². The fourth-order valence-electron chi connectivity index (χ4n) is 2.52. The van der Waals surface area contributed by atoms with Crippen molar-refractivity contribution in [1.82, 2.24) is 4.98 Å². The van der Waals surface area contributed by atoms with E-state index in [0.717, 1.165) is 31.7 Å². The number of amides is 1. The van der Waals surface area contributed by atoms with Crippen molar-refractivity contribution in [2.24, 2.45) is 0 Å². The number of anilines is 2. The van der Waals surface area contributed by atoms with Gasteiger partial charge in [-0.25, -0.2) is 0 Å². The predicted molar refractivity (Wildman–Crippen MR) is 96.1 cm³/mol. The van der Waals surface area contributed by atoms with Crippen LogP contribution in [0, 0.1) is 0 Å². The third-order valence-corrected chi connectivity index (χ3v) is 4.11. The summed E-state index contributed by atoms with van der Waals surface area (Å²) in [6.45, 7) is 1.54. The number of rotatable bonds is 5. The molecule has 0 spiro atoms. The summed E-state index contributed by atoms with van der Waals surface area (Å²) in [5.74, 6) is -0.325. The number of benzene rings is 1. The number of nitrogens with one attached hydrogen (secondary N) is 2. The first-order chi connectivity index (χ1) is 11.6. The van der Waals surface area contributed by atoms with Gasteiger partial charge in [0, 0.05) is 40.8 Å². The summed E-state index contributed by atoms with van der Waals surface area (Å²) in [7, 11) is 0. The van der Waals surface area contributed by atoms with Gasteiger partial charge in [-0.05, 0) is 43.2 Å². The molecule has 1 aromatic carbocycles. The summed E-state index contributed by atoms with van der Waals surface area (Å²) >= 11 is 11.9. The van der Waals surface area contributed by atoms with Crippen LogP contribution in [0.2, 0.25) is 10.0 Å². The maximum absolute atomic E-state index is 12.3. The van der Waals surface area contributed by atoms with E-state index in [9.17, 15) is 4.79 Å². The molecule has 0 radical (unpaired) electrons. The van der Waals surface area contributed by atoms with Crippen LogP contribution >= 0.6 is 23.2 Å². The van der Waals surface area contributed by atoms with Crippen molar-refractivity contribution < 1.29 is 9.53 Å². The highest BCUT2D eigenvalue weighted by molar-refractivity contribution is 6.35. The van der Waals surface area contributed by atoms with Gasteiger partial charge in [0.15, 0.2) is 0 Å². The second kappa shape index (κ2) is 7.83. The molecule has 1 amide bonds. The minimum atomic E-state index is -0.325. The molecule has 3 rings (SSSR count). The van der Waals surface area contributed by atoms with Gasteiger partial charge in [-0.1, -0.05) is 23.2 Å². The largest absolute Gasteiger partial charge is 0.382 e. The molecule has 5 nitrogen and oxygen atoms in total. The molecule has 0 bridgehead atoms. The highest BCUT2D eigenvalue weighted by atomic mass is 35.5. The highest BCUT2D eigenvalue weighted by Crippen LogP contribution is 2.23. The van der Waals surface area contributed by atoms with E-state index < -0.39 is 0 Å². The maximum atomic E-state index is 12.3. The number of carbonyl (C=O) groups is 1. The van der Waals surface area contributed by atoms with E-state index in [4.69, 9.17) is 27.9 Å². The lowest BCUT2D eigenvalue weighted by Crippen LogP contribution is -2.19. The number of ether oxygens (including phenoxy) is 1. The molecule has 2 aromatic rings. The molecule has 24 heavy (non-hydrogen) atoms. The molecule has 2 N–H and O–H groups in total. The van der Waals surface area contributed by atoms with Crippen molar-refractivity contribution >= 4 is 40.5 Å². The van der Waals surface area contributed by atoms with Gasteiger partial charge in [0.05, 0.1) is 6.10 Å². The summed E-state index contributed by atoms with van der Waals surface area (Å²) in [5.41, 5.74) is 1.66. The van der Waals surface area contributed by atoms with Crippen LogP contribution in [0.1, 0.15) is 23.3 Å². The van der Waals surface area contributed by atoms with Crippen molar-refractivity contribution in [1.29, 1.82) is 0 Å². The zero-order valence-electron chi connectivity index (χ0n) is 12.9. The zero-order chi connectivity index (χ0) is 16.9. The monoisotopic (exact) mass is 365 g/mol. The van der Waals surface area contributed by atoms with E-state index in [0.29, 0.717) is 21.4 Å². The standard InChI is InChI=1S/C17H17Cl2N3O2/c18-11-6-12(19)8-14(7-11)22-17(23)16-9-13(3-4-20-16)21-10-15-2-1-5-24-15/h3-4,6-9,15H,1-2,5,10H2,(H,20,21)(H,22,23). The second-order valence-electron chi connectivity index (χ2n) is 5.56. The first-order valence-electron chi connectivity index (χ1n) is 7.69. The van der Waals surface area contributed by atoms with E-state index in [1.807, 2.05) is 6.07 Å². The summed E-state index contributed by atoms with van der Waals surface area (Å²) in [6, 6.07) is 8.39. The molecule has 1 fully saturated rings. The minimum absolute atomic E-state index is 0.226. The van der Waals surface area contributed by atoms with Gasteiger partial charge >= 0.3 is 0 Å². The Morgan fingerprint density at radius 1 is 1.21 bits per heavy atom. The zero-order valence-corrected chi connectivity index (χ0v) is 14.4. The number of hydrogen-bond donors (Lipinski definition) is 2. The van der Waals surface area contributed by atoms with Crippen molar-refractivity contribution in [3.05, 3.63) is 52.3 Å². The highest BCUT2D eigenvalue weighted by Gasteiger charge is 2.15. The average molecular weight is 366 g/mol. The minimum Gasteiger partial charge on any atom is -0.382 e. The molecule has 0 aliphatic carbocycles. The van der Waals surface area contributed by atoms with Crippen LogP contribution in [0.3, 0.4) is 0 Å².